The van der Waals surface area contributed by atoms with Gasteiger partial charge in [0.15, 0.2) is 0 Å². The molecule has 0 bridgehead atoms. The van der Waals surface area contributed by atoms with Gasteiger partial charge in [-0.2, -0.15) is 5.10 Å². The van der Waals surface area contributed by atoms with Crippen molar-refractivity contribution in [1.82, 2.24) is 9.78 Å². The van der Waals surface area contributed by atoms with Gasteiger partial charge in [0.2, 0.25) is 0 Å². The van der Waals surface area contributed by atoms with Crippen molar-refractivity contribution in [3.8, 4) is 0 Å². The van der Waals surface area contributed by atoms with E-state index in [9.17, 15) is 4.39 Å². The first-order valence-corrected chi connectivity index (χ1v) is 3.46. The van der Waals surface area contributed by atoms with E-state index in [1.165, 1.54) is 0 Å². The molecule has 1 aliphatic rings. The van der Waals surface area contributed by atoms with Crippen molar-refractivity contribution in [2.75, 3.05) is 0 Å². The summed E-state index contributed by atoms with van der Waals surface area (Å²) in [4.78, 5) is 0. The van der Waals surface area contributed by atoms with Crippen LogP contribution in [0.2, 0.25) is 0 Å². The molecule has 1 aromatic rings. The summed E-state index contributed by atoms with van der Waals surface area (Å²) >= 11 is 0. The Balaban J connectivity index is 2.49. The van der Waals surface area contributed by atoms with Gasteiger partial charge in [0.25, 0.3) is 0 Å². The Labute approximate surface area is 58.7 Å². The second kappa shape index (κ2) is 1.81. The second-order valence-electron chi connectivity index (χ2n) is 2.69. The van der Waals surface area contributed by atoms with Gasteiger partial charge in [0, 0.05) is 13.0 Å². The summed E-state index contributed by atoms with van der Waals surface area (Å²) in [7, 11) is 0. The molecular formula is C7H9FN2. The molecule has 2 heterocycles. The summed E-state index contributed by atoms with van der Waals surface area (Å²) in [6.07, 6.45) is -0.177. The largest absolute Gasteiger partial charge is 0.266 e. The Bertz CT molecular complexity index is 254. The minimum Gasteiger partial charge on any atom is -0.266 e. The third-order valence-corrected chi connectivity index (χ3v) is 1.85. The third kappa shape index (κ3) is 0.664. The van der Waals surface area contributed by atoms with Gasteiger partial charge in [-0.05, 0) is 13.0 Å². The molecule has 1 aliphatic heterocycles. The fourth-order valence-corrected chi connectivity index (χ4v) is 1.38. The number of alkyl halides is 1. The van der Waals surface area contributed by atoms with Crippen molar-refractivity contribution in [3.63, 3.8) is 0 Å². The van der Waals surface area contributed by atoms with E-state index in [1.54, 1.807) is 4.68 Å². The maximum absolute atomic E-state index is 12.9. The number of hydrogen-bond donors (Lipinski definition) is 0. The maximum Gasteiger partial charge on any atom is 0.143 e. The van der Waals surface area contributed by atoms with Crippen LogP contribution in [0.1, 0.15) is 24.0 Å². The highest BCUT2D eigenvalue weighted by Gasteiger charge is 2.22. The molecule has 54 valence electrons. The molecule has 0 aliphatic carbocycles. The molecule has 10 heavy (non-hydrogen) atoms. The molecule has 0 radical (unpaired) electrons. The normalized spacial score (nSPS) is 23.2. The van der Waals surface area contributed by atoms with Crippen LogP contribution in [0, 0.1) is 6.92 Å². The summed E-state index contributed by atoms with van der Waals surface area (Å²) < 4.78 is 14.6. The molecule has 1 unspecified atom stereocenters. The van der Waals surface area contributed by atoms with Crippen molar-refractivity contribution in [3.05, 3.63) is 17.5 Å². The van der Waals surface area contributed by atoms with Crippen LogP contribution in [0.25, 0.3) is 0 Å². The highest BCUT2D eigenvalue weighted by molar-refractivity contribution is 5.14. The predicted molar refractivity (Wildman–Crippen MR) is 35.4 cm³/mol. The molecule has 0 amide bonds. The number of aryl methyl sites for hydroxylation is 2. The molecule has 0 saturated heterocycles. The van der Waals surface area contributed by atoms with Crippen LogP contribution < -0.4 is 0 Å². The van der Waals surface area contributed by atoms with Gasteiger partial charge in [-0.1, -0.05) is 0 Å². The predicted octanol–water partition coefficient (Wildman–Crippen LogP) is 1.61. The van der Waals surface area contributed by atoms with Gasteiger partial charge < -0.3 is 0 Å². The lowest BCUT2D eigenvalue weighted by Gasteiger charge is -1.91. The average molecular weight is 140 g/mol. The topological polar surface area (TPSA) is 17.8 Å². The summed E-state index contributed by atoms with van der Waals surface area (Å²) in [6, 6.07) is 1.82. The second-order valence-corrected chi connectivity index (χ2v) is 2.69. The smallest absolute Gasteiger partial charge is 0.143 e. The first kappa shape index (κ1) is 5.89. The fraction of sp³-hybridized carbons (Fsp3) is 0.571. The monoisotopic (exact) mass is 140 g/mol. The minimum absolute atomic E-state index is 0.600. The molecule has 0 saturated carbocycles. The Morgan fingerprint density at radius 1 is 1.80 bits per heavy atom. The van der Waals surface area contributed by atoms with E-state index < -0.39 is 6.17 Å². The van der Waals surface area contributed by atoms with E-state index in [-0.39, 0.29) is 0 Å². The van der Waals surface area contributed by atoms with Crippen LogP contribution in [0.3, 0.4) is 0 Å². The van der Waals surface area contributed by atoms with Gasteiger partial charge >= 0.3 is 0 Å². The molecule has 2 rings (SSSR count). The Kier molecular flexibility index (Phi) is 1.07. The van der Waals surface area contributed by atoms with Crippen LogP contribution in [-0.4, -0.2) is 9.78 Å². The Morgan fingerprint density at radius 3 is 3.30 bits per heavy atom. The fourth-order valence-electron chi connectivity index (χ4n) is 1.38. The highest BCUT2D eigenvalue weighted by atomic mass is 19.1. The van der Waals surface area contributed by atoms with E-state index in [0.717, 1.165) is 17.9 Å². The summed E-state index contributed by atoms with van der Waals surface area (Å²) in [6.45, 7) is 2.63. The SMILES string of the molecule is Cc1cc2n(n1)CCC2F. The number of fused-ring (bicyclic) bond motifs is 1. The number of halogens is 1. The van der Waals surface area contributed by atoms with Gasteiger partial charge in [0.1, 0.15) is 6.17 Å². The van der Waals surface area contributed by atoms with Crippen molar-refractivity contribution >= 4 is 0 Å². The van der Waals surface area contributed by atoms with Gasteiger partial charge in [-0.3, -0.25) is 4.68 Å². The molecule has 0 fully saturated rings. The Hall–Kier alpha value is -0.860. The molecule has 1 aromatic heterocycles. The lowest BCUT2D eigenvalue weighted by Crippen LogP contribution is -1.93. The lowest BCUT2D eigenvalue weighted by molar-refractivity contribution is 0.343. The van der Waals surface area contributed by atoms with Crippen molar-refractivity contribution in [2.45, 2.75) is 26.1 Å². The number of hydrogen-bond acceptors (Lipinski definition) is 1. The zero-order chi connectivity index (χ0) is 7.14. The molecule has 1 atom stereocenters. The first-order valence-electron chi connectivity index (χ1n) is 3.46. The van der Waals surface area contributed by atoms with Gasteiger partial charge in [-0.25, -0.2) is 4.39 Å². The number of rotatable bonds is 0. The van der Waals surface area contributed by atoms with Gasteiger partial charge in [0.05, 0.1) is 11.4 Å². The van der Waals surface area contributed by atoms with Gasteiger partial charge in [-0.15, -0.1) is 0 Å². The molecule has 0 aromatic carbocycles. The molecular weight excluding hydrogens is 131 g/mol. The van der Waals surface area contributed by atoms with Crippen LogP contribution in [0.5, 0.6) is 0 Å². The van der Waals surface area contributed by atoms with Crippen molar-refractivity contribution in [2.24, 2.45) is 0 Å². The van der Waals surface area contributed by atoms with Crippen LogP contribution >= 0.6 is 0 Å². The van der Waals surface area contributed by atoms with Crippen LogP contribution in [-0.2, 0) is 6.54 Å². The zero-order valence-corrected chi connectivity index (χ0v) is 5.84. The molecule has 3 heteroatoms. The van der Waals surface area contributed by atoms with E-state index in [1.807, 2.05) is 13.0 Å². The zero-order valence-electron chi connectivity index (χ0n) is 5.84. The molecule has 0 spiro atoms. The van der Waals surface area contributed by atoms with Crippen LogP contribution in [0.4, 0.5) is 4.39 Å². The Morgan fingerprint density at radius 2 is 2.60 bits per heavy atom. The molecule has 0 N–H and O–H groups in total. The summed E-state index contributed by atoms with van der Waals surface area (Å²) in [5.41, 5.74) is 1.66. The lowest BCUT2D eigenvalue weighted by atomic mass is 10.2. The van der Waals surface area contributed by atoms with E-state index in [0.29, 0.717) is 6.42 Å². The van der Waals surface area contributed by atoms with Crippen LogP contribution in [0.15, 0.2) is 6.07 Å². The van der Waals surface area contributed by atoms with E-state index in [2.05, 4.69) is 5.10 Å². The maximum atomic E-state index is 12.9. The van der Waals surface area contributed by atoms with E-state index >= 15 is 0 Å². The standard InChI is InChI=1S/C7H9FN2/c1-5-4-7-6(8)2-3-10(7)9-5/h4,6H,2-3H2,1H3. The van der Waals surface area contributed by atoms with Crippen molar-refractivity contribution < 1.29 is 4.39 Å². The van der Waals surface area contributed by atoms with Crippen molar-refractivity contribution in [1.29, 1.82) is 0 Å². The average Bonchev–Trinajstić information content (AvgIpc) is 2.35. The third-order valence-electron chi connectivity index (χ3n) is 1.85. The molecule has 2 nitrogen and oxygen atoms in total. The number of aromatic nitrogens is 2. The first-order chi connectivity index (χ1) is 4.77. The van der Waals surface area contributed by atoms with E-state index in [4.69, 9.17) is 0 Å². The quantitative estimate of drug-likeness (QED) is 0.535. The summed E-state index contributed by atoms with van der Waals surface area (Å²) in [5, 5.41) is 4.12. The minimum atomic E-state index is -0.777. The highest BCUT2D eigenvalue weighted by Crippen LogP contribution is 2.28. The number of nitrogens with zero attached hydrogens (tertiary/aromatic N) is 2. The summed E-state index contributed by atoms with van der Waals surface area (Å²) in [5.74, 6) is 0.